The molecule has 0 heterocycles. The Morgan fingerprint density at radius 3 is 2.46 bits per heavy atom. The van der Waals surface area contributed by atoms with Crippen LogP contribution < -0.4 is 5.46 Å². The second kappa shape index (κ2) is 4.07. The van der Waals surface area contributed by atoms with E-state index in [1.54, 1.807) is 31.2 Å². The van der Waals surface area contributed by atoms with Gasteiger partial charge < -0.3 is 15.3 Å². The number of benzene rings is 1. The van der Waals surface area contributed by atoms with Crippen molar-refractivity contribution in [2.45, 2.75) is 6.92 Å². The van der Waals surface area contributed by atoms with Crippen LogP contribution in [0.3, 0.4) is 0 Å². The van der Waals surface area contributed by atoms with Crippen LogP contribution in [0.25, 0.3) is 0 Å². The minimum absolute atomic E-state index is 0.331. The van der Waals surface area contributed by atoms with E-state index in [9.17, 15) is 0 Å². The molecule has 0 saturated heterocycles. The van der Waals surface area contributed by atoms with Crippen molar-refractivity contribution in [3.63, 3.8) is 0 Å². The summed E-state index contributed by atoms with van der Waals surface area (Å²) in [6, 6.07) is 6.64. The van der Waals surface area contributed by atoms with Crippen LogP contribution in [-0.4, -0.2) is 28.1 Å². The van der Waals surface area contributed by atoms with Crippen LogP contribution in [0.1, 0.15) is 12.5 Å². The standard InChI is InChI=1S/C8H10BNO3/c1-6(10-13)7-4-2-3-5-8(7)9(11)12/h2-5,11-13H,1H3/b10-6+. The molecule has 0 fully saturated rings. The molecule has 0 radical (unpaired) electrons. The highest BCUT2D eigenvalue weighted by atomic mass is 16.4. The number of nitrogens with zero attached hydrogens (tertiary/aromatic N) is 1. The van der Waals surface area contributed by atoms with E-state index in [-0.39, 0.29) is 0 Å². The van der Waals surface area contributed by atoms with Crippen molar-refractivity contribution >= 4 is 18.3 Å². The molecule has 0 saturated carbocycles. The minimum atomic E-state index is -1.55. The van der Waals surface area contributed by atoms with Gasteiger partial charge in [-0.3, -0.25) is 0 Å². The summed E-state index contributed by atoms with van der Waals surface area (Å²) >= 11 is 0. The van der Waals surface area contributed by atoms with Crippen molar-refractivity contribution in [2.24, 2.45) is 5.16 Å². The van der Waals surface area contributed by atoms with Gasteiger partial charge in [0.1, 0.15) is 0 Å². The lowest BCUT2D eigenvalue weighted by Gasteiger charge is -2.05. The zero-order valence-corrected chi connectivity index (χ0v) is 7.18. The molecule has 5 heteroatoms. The van der Waals surface area contributed by atoms with Crippen LogP contribution in [0, 0.1) is 0 Å². The zero-order valence-electron chi connectivity index (χ0n) is 7.18. The molecule has 1 aromatic rings. The van der Waals surface area contributed by atoms with E-state index in [1.165, 1.54) is 0 Å². The van der Waals surface area contributed by atoms with Crippen LogP contribution in [0.4, 0.5) is 0 Å². The van der Waals surface area contributed by atoms with Gasteiger partial charge in [-0.15, -0.1) is 0 Å². The second-order valence-corrected chi connectivity index (χ2v) is 2.65. The molecule has 0 spiro atoms. The van der Waals surface area contributed by atoms with Gasteiger partial charge in [0.15, 0.2) is 0 Å². The Morgan fingerprint density at radius 1 is 1.31 bits per heavy atom. The lowest BCUT2D eigenvalue weighted by molar-refractivity contribution is 0.319. The third-order valence-electron chi connectivity index (χ3n) is 1.78. The van der Waals surface area contributed by atoms with Crippen LogP contribution in [0.5, 0.6) is 0 Å². The van der Waals surface area contributed by atoms with Crippen LogP contribution in [-0.2, 0) is 0 Å². The monoisotopic (exact) mass is 179 g/mol. The summed E-state index contributed by atoms with van der Waals surface area (Å²) in [6.45, 7) is 1.58. The summed E-state index contributed by atoms with van der Waals surface area (Å²) in [5.41, 5.74) is 1.21. The molecule has 0 bridgehead atoms. The number of hydrogen-bond donors (Lipinski definition) is 3. The molecule has 4 nitrogen and oxygen atoms in total. The predicted octanol–water partition coefficient (Wildman–Crippen LogP) is -0.435. The van der Waals surface area contributed by atoms with Crippen molar-refractivity contribution in [3.05, 3.63) is 29.8 Å². The molecule has 13 heavy (non-hydrogen) atoms. The van der Waals surface area contributed by atoms with Gasteiger partial charge in [0.25, 0.3) is 0 Å². The van der Waals surface area contributed by atoms with Crippen molar-refractivity contribution in [3.8, 4) is 0 Å². The lowest BCUT2D eigenvalue weighted by atomic mass is 9.76. The Labute approximate surface area is 76.3 Å². The Balaban J connectivity index is 3.20. The minimum Gasteiger partial charge on any atom is -0.423 e. The molecule has 0 aliphatic rings. The fourth-order valence-corrected chi connectivity index (χ4v) is 1.11. The molecule has 0 unspecified atom stereocenters. The first-order valence-electron chi connectivity index (χ1n) is 3.81. The summed E-state index contributed by atoms with van der Waals surface area (Å²) in [5, 5.41) is 29.5. The van der Waals surface area contributed by atoms with E-state index in [0.717, 1.165) is 0 Å². The highest BCUT2D eigenvalue weighted by molar-refractivity contribution is 6.60. The van der Waals surface area contributed by atoms with E-state index >= 15 is 0 Å². The Bertz CT molecular complexity index is 325. The molecular weight excluding hydrogens is 169 g/mol. The van der Waals surface area contributed by atoms with Gasteiger partial charge in [0.05, 0.1) is 5.71 Å². The van der Waals surface area contributed by atoms with Crippen molar-refractivity contribution in [1.82, 2.24) is 0 Å². The smallest absolute Gasteiger partial charge is 0.423 e. The molecule has 0 aromatic heterocycles. The normalized spacial score (nSPS) is 11.5. The molecule has 3 N–H and O–H groups in total. The third-order valence-corrected chi connectivity index (χ3v) is 1.78. The van der Waals surface area contributed by atoms with Crippen LogP contribution >= 0.6 is 0 Å². The van der Waals surface area contributed by atoms with E-state index in [2.05, 4.69) is 5.16 Å². The van der Waals surface area contributed by atoms with Crippen molar-refractivity contribution in [1.29, 1.82) is 0 Å². The fourth-order valence-electron chi connectivity index (χ4n) is 1.11. The average molecular weight is 179 g/mol. The first-order chi connectivity index (χ1) is 6.16. The average Bonchev–Trinajstić information content (AvgIpc) is 2.16. The summed E-state index contributed by atoms with van der Waals surface area (Å²) < 4.78 is 0. The maximum Gasteiger partial charge on any atom is 0.489 e. The van der Waals surface area contributed by atoms with Crippen molar-refractivity contribution in [2.75, 3.05) is 0 Å². The fraction of sp³-hybridized carbons (Fsp3) is 0.125. The van der Waals surface area contributed by atoms with E-state index in [1.807, 2.05) is 0 Å². The first kappa shape index (κ1) is 9.76. The Morgan fingerprint density at radius 2 is 1.92 bits per heavy atom. The molecule has 0 aliphatic heterocycles. The summed E-state index contributed by atoms with van der Waals surface area (Å²) in [5.74, 6) is 0. The largest absolute Gasteiger partial charge is 0.489 e. The number of oxime groups is 1. The van der Waals surface area contributed by atoms with E-state index in [0.29, 0.717) is 16.7 Å². The van der Waals surface area contributed by atoms with Gasteiger partial charge in [-0.1, -0.05) is 29.4 Å². The summed E-state index contributed by atoms with van der Waals surface area (Å²) in [6.07, 6.45) is 0. The molecule has 68 valence electrons. The number of hydrogen-bond acceptors (Lipinski definition) is 4. The van der Waals surface area contributed by atoms with Gasteiger partial charge in [-0.2, -0.15) is 0 Å². The molecule has 1 aromatic carbocycles. The summed E-state index contributed by atoms with van der Waals surface area (Å²) in [7, 11) is -1.55. The van der Waals surface area contributed by atoms with E-state index in [4.69, 9.17) is 15.3 Å². The van der Waals surface area contributed by atoms with Gasteiger partial charge in [-0.05, 0) is 17.9 Å². The Hall–Kier alpha value is -1.33. The van der Waals surface area contributed by atoms with Crippen molar-refractivity contribution < 1.29 is 15.3 Å². The Kier molecular flexibility index (Phi) is 3.05. The van der Waals surface area contributed by atoms with Crippen LogP contribution in [0.2, 0.25) is 0 Å². The second-order valence-electron chi connectivity index (χ2n) is 2.65. The van der Waals surface area contributed by atoms with Crippen LogP contribution in [0.15, 0.2) is 29.4 Å². The summed E-state index contributed by atoms with van der Waals surface area (Å²) in [4.78, 5) is 0. The lowest BCUT2D eigenvalue weighted by Crippen LogP contribution is -2.34. The third kappa shape index (κ3) is 2.08. The molecular formula is C8H10BNO3. The van der Waals surface area contributed by atoms with E-state index < -0.39 is 7.12 Å². The topological polar surface area (TPSA) is 73.1 Å². The quantitative estimate of drug-likeness (QED) is 0.249. The molecule has 0 atom stereocenters. The SMILES string of the molecule is C/C(=N\O)c1ccccc1B(O)O. The maximum atomic E-state index is 8.97. The molecule has 0 aliphatic carbocycles. The number of rotatable bonds is 2. The van der Waals surface area contributed by atoms with Gasteiger partial charge >= 0.3 is 7.12 Å². The van der Waals surface area contributed by atoms with Gasteiger partial charge in [0, 0.05) is 0 Å². The highest BCUT2D eigenvalue weighted by Gasteiger charge is 2.16. The zero-order chi connectivity index (χ0) is 9.84. The first-order valence-corrected chi connectivity index (χ1v) is 3.81. The van der Waals surface area contributed by atoms with Gasteiger partial charge in [0.2, 0.25) is 0 Å². The predicted molar refractivity (Wildman–Crippen MR) is 50.3 cm³/mol. The molecule has 0 amide bonds. The van der Waals surface area contributed by atoms with Gasteiger partial charge in [-0.25, -0.2) is 0 Å². The highest BCUT2D eigenvalue weighted by Crippen LogP contribution is 1.98. The maximum absolute atomic E-state index is 8.97. The molecule has 1 rings (SSSR count).